The fourth-order valence-corrected chi connectivity index (χ4v) is 2.77. The zero-order valence-corrected chi connectivity index (χ0v) is 14.3. The van der Waals surface area contributed by atoms with E-state index in [2.05, 4.69) is 5.32 Å². The van der Waals surface area contributed by atoms with Crippen LogP contribution in [-0.4, -0.2) is 39.1 Å². The van der Waals surface area contributed by atoms with Crippen LogP contribution in [0.5, 0.6) is 17.2 Å². The van der Waals surface area contributed by atoms with Crippen LogP contribution in [0.25, 0.3) is 0 Å². The number of aliphatic carboxylic acids is 1. The average molecular weight is 406 g/mol. The van der Waals surface area contributed by atoms with Crippen LogP contribution in [0, 0.1) is 0 Å². The minimum Gasteiger partial charge on any atom is -0.506 e. The molecule has 0 saturated heterocycles. The number of carboxylic acid groups (broad SMARTS) is 1. The Balaban J connectivity index is 0.000000321. The van der Waals surface area contributed by atoms with Crippen molar-refractivity contribution in [1.82, 2.24) is 5.32 Å². The topological polar surface area (TPSA) is 110 Å². The highest BCUT2D eigenvalue weighted by atomic mass is 35.5. The lowest BCUT2D eigenvalue weighted by atomic mass is 9.89. The number of nitrogens with one attached hydrogen (secondary N) is 1. The molecule has 0 aromatic heterocycles. The van der Waals surface area contributed by atoms with E-state index in [1.54, 1.807) is 30.3 Å². The predicted octanol–water partition coefficient (Wildman–Crippen LogP) is 3.33. The molecule has 1 atom stereocenters. The molecule has 2 aromatic carbocycles. The van der Waals surface area contributed by atoms with Gasteiger partial charge in [-0.15, -0.1) is 0 Å². The van der Waals surface area contributed by atoms with E-state index in [9.17, 15) is 28.5 Å². The van der Waals surface area contributed by atoms with E-state index >= 15 is 0 Å². The summed E-state index contributed by atoms with van der Waals surface area (Å²) >= 11 is 5.95. The van der Waals surface area contributed by atoms with Gasteiger partial charge in [-0.2, -0.15) is 13.2 Å². The first-order chi connectivity index (χ1) is 12.5. The molecule has 6 nitrogen and oxygen atoms in total. The Morgan fingerprint density at radius 1 is 1.07 bits per heavy atom. The Morgan fingerprint density at radius 2 is 1.67 bits per heavy atom. The molecule has 0 amide bonds. The van der Waals surface area contributed by atoms with Gasteiger partial charge in [0.05, 0.1) is 11.1 Å². The van der Waals surface area contributed by atoms with Crippen molar-refractivity contribution in [3.05, 3.63) is 52.0 Å². The lowest BCUT2D eigenvalue weighted by molar-refractivity contribution is -0.192. The van der Waals surface area contributed by atoms with Gasteiger partial charge in [0.15, 0.2) is 11.5 Å². The largest absolute Gasteiger partial charge is 0.506 e. The molecule has 0 aliphatic carbocycles. The van der Waals surface area contributed by atoms with Crippen LogP contribution in [0.1, 0.15) is 22.7 Å². The van der Waals surface area contributed by atoms with Gasteiger partial charge in [-0.3, -0.25) is 0 Å². The second-order valence-electron chi connectivity index (χ2n) is 5.69. The van der Waals surface area contributed by atoms with Crippen molar-refractivity contribution in [2.24, 2.45) is 0 Å². The van der Waals surface area contributed by atoms with Gasteiger partial charge < -0.3 is 25.7 Å². The average Bonchev–Trinajstić information content (AvgIpc) is 2.58. The zero-order chi connectivity index (χ0) is 20.4. The fourth-order valence-electron chi connectivity index (χ4n) is 2.58. The minimum absolute atomic E-state index is 0.0417. The molecule has 1 aliphatic heterocycles. The maximum atomic E-state index is 10.6. The van der Waals surface area contributed by atoms with Gasteiger partial charge in [0.2, 0.25) is 0 Å². The standard InChI is InChI=1S/C15H14ClNO3.C2HF3O2/c16-11-5-9(1-2-12(11)18)15-10-7-14(20)13(19)6-8(10)3-4-17-15;3-2(4,5)1(6)7/h1-2,5-7,15,17-20H,3-4H2;(H,6,7). The predicted molar refractivity (Wildman–Crippen MR) is 90.1 cm³/mol. The number of carboxylic acids is 1. The van der Waals surface area contributed by atoms with E-state index in [4.69, 9.17) is 21.5 Å². The van der Waals surface area contributed by atoms with Gasteiger partial charge >= 0.3 is 12.1 Å². The van der Waals surface area contributed by atoms with Crippen LogP contribution in [0.15, 0.2) is 30.3 Å². The number of hydrogen-bond donors (Lipinski definition) is 5. The highest BCUT2D eigenvalue weighted by molar-refractivity contribution is 6.32. The lowest BCUT2D eigenvalue weighted by Gasteiger charge is -2.28. The lowest BCUT2D eigenvalue weighted by Crippen LogP contribution is -2.30. The zero-order valence-electron chi connectivity index (χ0n) is 13.6. The van der Waals surface area contributed by atoms with Crippen LogP contribution in [0.2, 0.25) is 5.02 Å². The van der Waals surface area contributed by atoms with Crippen LogP contribution >= 0.6 is 11.6 Å². The molecule has 27 heavy (non-hydrogen) atoms. The molecule has 146 valence electrons. The van der Waals surface area contributed by atoms with E-state index in [1.165, 1.54) is 0 Å². The molecule has 1 aliphatic rings. The summed E-state index contributed by atoms with van der Waals surface area (Å²) in [6.07, 6.45) is -4.30. The number of carbonyl (C=O) groups is 1. The first kappa shape index (κ1) is 20.7. The van der Waals surface area contributed by atoms with E-state index < -0.39 is 12.1 Å². The fraction of sp³-hybridized carbons (Fsp3) is 0.235. The highest BCUT2D eigenvalue weighted by Crippen LogP contribution is 2.37. The first-order valence-electron chi connectivity index (χ1n) is 7.57. The second kappa shape index (κ2) is 7.93. The molecule has 1 unspecified atom stereocenters. The highest BCUT2D eigenvalue weighted by Gasteiger charge is 2.38. The molecule has 0 saturated carbocycles. The maximum Gasteiger partial charge on any atom is 0.490 e. The molecule has 0 bridgehead atoms. The molecule has 3 rings (SSSR count). The molecule has 5 N–H and O–H groups in total. The Kier molecular flexibility index (Phi) is 6.07. The van der Waals surface area contributed by atoms with Crippen LogP contribution in [0.4, 0.5) is 13.2 Å². The number of alkyl halides is 3. The molecule has 1 heterocycles. The van der Waals surface area contributed by atoms with Crippen molar-refractivity contribution >= 4 is 17.6 Å². The smallest absolute Gasteiger partial charge is 0.490 e. The minimum atomic E-state index is -5.08. The summed E-state index contributed by atoms with van der Waals surface area (Å²) in [5, 5.41) is 39.5. The van der Waals surface area contributed by atoms with Crippen molar-refractivity contribution in [3.63, 3.8) is 0 Å². The summed E-state index contributed by atoms with van der Waals surface area (Å²) in [4.78, 5) is 8.90. The summed E-state index contributed by atoms with van der Waals surface area (Å²) < 4.78 is 31.7. The van der Waals surface area contributed by atoms with E-state index in [1.807, 2.05) is 0 Å². The van der Waals surface area contributed by atoms with Gasteiger partial charge in [-0.05, 0) is 47.4 Å². The maximum absolute atomic E-state index is 10.6. The van der Waals surface area contributed by atoms with Gasteiger partial charge in [0.25, 0.3) is 0 Å². The number of halogens is 4. The van der Waals surface area contributed by atoms with Gasteiger partial charge in [-0.25, -0.2) is 4.79 Å². The van der Waals surface area contributed by atoms with Crippen LogP contribution in [0.3, 0.4) is 0 Å². The Labute approximate surface area is 156 Å². The third-order valence-electron chi connectivity index (χ3n) is 3.84. The van der Waals surface area contributed by atoms with Gasteiger partial charge in [0.1, 0.15) is 5.75 Å². The van der Waals surface area contributed by atoms with Crippen molar-refractivity contribution in [1.29, 1.82) is 0 Å². The first-order valence-corrected chi connectivity index (χ1v) is 7.95. The van der Waals surface area contributed by atoms with Gasteiger partial charge in [0, 0.05) is 6.54 Å². The Morgan fingerprint density at radius 3 is 2.22 bits per heavy atom. The molecule has 0 spiro atoms. The second-order valence-corrected chi connectivity index (χ2v) is 6.10. The molecular weight excluding hydrogens is 391 g/mol. The molecule has 0 radical (unpaired) electrons. The van der Waals surface area contributed by atoms with E-state index in [-0.39, 0.29) is 23.3 Å². The monoisotopic (exact) mass is 405 g/mol. The Bertz CT molecular complexity index is 857. The van der Waals surface area contributed by atoms with Crippen LogP contribution < -0.4 is 5.32 Å². The third-order valence-corrected chi connectivity index (χ3v) is 4.14. The number of benzene rings is 2. The van der Waals surface area contributed by atoms with Crippen molar-refractivity contribution in [2.45, 2.75) is 18.6 Å². The number of phenols is 3. The summed E-state index contributed by atoms with van der Waals surface area (Å²) in [5.74, 6) is -2.96. The van der Waals surface area contributed by atoms with Gasteiger partial charge in [-0.1, -0.05) is 17.7 Å². The number of aromatic hydroxyl groups is 3. The quantitative estimate of drug-likeness (QED) is 0.466. The summed E-state index contributed by atoms with van der Waals surface area (Å²) in [6, 6.07) is 8.09. The van der Waals surface area contributed by atoms with Crippen molar-refractivity contribution in [2.75, 3.05) is 6.54 Å². The molecular formula is C17H15ClF3NO5. The molecule has 10 heteroatoms. The number of fused-ring (bicyclic) bond motifs is 1. The van der Waals surface area contributed by atoms with Crippen molar-refractivity contribution in [3.8, 4) is 17.2 Å². The molecule has 2 aromatic rings. The summed E-state index contributed by atoms with van der Waals surface area (Å²) in [7, 11) is 0. The number of phenolic OH excluding ortho intramolecular Hbond substituents is 3. The summed E-state index contributed by atoms with van der Waals surface area (Å²) in [6.45, 7) is 0.764. The van der Waals surface area contributed by atoms with E-state index in [0.717, 1.165) is 29.7 Å². The van der Waals surface area contributed by atoms with Crippen molar-refractivity contribution < 1.29 is 38.4 Å². The normalized spacial score (nSPS) is 16.1. The summed E-state index contributed by atoms with van der Waals surface area (Å²) in [5.41, 5.74) is 2.81. The van der Waals surface area contributed by atoms with Crippen LogP contribution in [-0.2, 0) is 11.2 Å². The van der Waals surface area contributed by atoms with E-state index in [0.29, 0.717) is 5.02 Å². The Hall–Kier alpha value is -2.65. The third kappa shape index (κ3) is 4.95. The SMILES string of the molecule is O=C(O)C(F)(F)F.Oc1cc2c(cc1O)C(c1ccc(O)c(Cl)c1)NCC2. The molecule has 0 fully saturated rings. The number of rotatable bonds is 1. The number of hydrogen-bond acceptors (Lipinski definition) is 5.